The van der Waals surface area contributed by atoms with Crippen LogP contribution >= 0.6 is 27.7 Å². The summed E-state index contributed by atoms with van der Waals surface area (Å²) in [4.78, 5) is 24.6. The van der Waals surface area contributed by atoms with Gasteiger partial charge in [-0.25, -0.2) is 4.39 Å². The van der Waals surface area contributed by atoms with Crippen LogP contribution in [0, 0.1) is 11.7 Å². The second-order valence-corrected chi connectivity index (χ2v) is 6.75. The fourth-order valence-corrected chi connectivity index (χ4v) is 3.17. The molecule has 7 heteroatoms. The molecular formula is C13H14BrFN2O2S. The largest absolute Gasteiger partial charge is 0.397 e. The van der Waals surface area contributed by atoms with Gasteiger partial charge >= 0.3 is 0 Å². The van der Waals surface area contributed by atoms with E-state index >= 15 is 0 Å². The molecule has 1 aromatic carbocycles. The number of carbonyl (C=O) groups excluding carboxylic acids is 2. The zero-order valence-electron chi connectivity index (χ0n) is 10.9. The first-order valence-corrected chi connectivity index (χ1v) is 7.84. The van der Waals surface area contributed by atoms with Gasteiger partial charge in [0.15, 0.2) is 5.12 Å². The lowest BCUT2D eigenvalue weighted by atomic mass is 10.1. The Bertz CT molecular complexity index is 568. The Labute approximate surface area is 129 Å². The first kappa shape index (κ1) is 15.3. The molecule has 1 amide bonds. The summed E-state index contributed by atoms with van der Waals surface area (Å²) in [5.74, 6) is 0.213. The Balaban J connectivity index is 2.16. The zero-order chi connectivity index (χ0) is 14.9. The molecule has 0 aromatic heterocycles. The van der Waals surface area contributed by atoms with Crippen molar-refractivity contribution in [1.29, 1.82) is 0 Å². The van der Waals surface area contributed by atoms with Gasteiger partial charge in [-0.05, 0) is 27.9 Å². The number of hydrogen-bond donors (Lipinski definition) is 1. The summed E-state index contributed by atoms with van der Waals surface area (Å²) in [7, 11) is 0. The van der Waals surface area contributed by atoms with Crippen molar-refractivity contribution in [3.63, 3.8) is 0 Å². The van der Waals surface area contributed by atoms with Gasteiger partial charge in [-0.15, -0.1) is 0 Å². The second kappa shape index (κ2) is 6.13. The third kappa shape index (κ3) is 3.32. The first-order valence-electron chi connectivity index (χ1n) is 6.06. The molecule has 1 heterocycles. The highest BCUT2D eigenvalue weighted by molar-refractivity contribution is 9.10. The lowest BCUT2D eigenvalue weighted by Crippen LogP contribution is -2.25. The summed E-state index contributed by atoms with van der Waals surface area (Å²) in [6, 6.07) is 2.72. The van der Waals surface area contributed by atoms with Crippen LogP contribution in [0.5, 0.6) is 0 Å². The first-order chi connectivity index (χ1) is 9.38. The van der Waals surface area contributed by atoms with Gasteiger partial charge in [-0.1, -0.05) is 11.8 Å². The summed E-state index contributed by atoms with van der Waals surface area (Å²) in [6.07, 6.45) is 0.384. The number of amides is 1. The van der Waals surface area contributed by atoms with Crippen molar-refractivity contribution in [2.45, 2.75) is 13.3 Å². The van der Waals surface area contributed by atoms with E-state index in [-0.39, 0.29) is 27.1 Å². The van der Waals surface area contributed by atoms with Crippen molar-refractivity contribution in [3.05, 3.63) is 22.4 Å². The average Bonchev–Trinajstić information content (AvgIpc) is 2.72. The topological polar surface area (TPSA) is 63.4 Å². The van der Waals surface area contributed by atoms with Crippen LogP contribution < -0.4 is 10.6 Å². The molecule has 20 heavy (non-hydrogen) atoms. The molecule has 108 valence electrons. The zero-order valence-corrected chi connectivity index (χ0v) is 13.3. The number of nitrogen functional groups attached to an aromatic ring is 1. The standard InChI is InChI=1S/C13H14BrFN2O2S/c1-7(18)20-6-8-2-13(19)17(5-8)12-3-9(14)10(15)4-11(12)16/h3-4,8H,2,5-6,16H2,1H3. The molecule has 1 saturated heterocycles. The molecule has 1 aromatic rings. The maximum atomic E-state index is 13.4. The number of halogens is 2. The van der Waals surface area contributed by atoms with E-state index in [1.807, 2.05) is 0 Å². The van der Waals surface area contributed by atoms with Gasteiger partial charge in [0.1, 0.15) is 5.82 Å². The van der Waals surface area contributed by atoms with E-state index in [4.69, 9.17) is 5.73 Å². The number of anilines is 2. The highest BCUT2D eigenvalue weighted by Gasteiger charge is 2.32. The number of hydrogen-bond acceptors (Lipinski definition) is 4. The summed E-state index contributed by atoms with van der Waals surface area (Å²) in [5, 5.41) is 0.0416. The van der Waals surface area contributed by atoms with E-state index in [1.54, 1.807) is 4.90 Å². The van der Waals surface area contributed by atoms with Crippen LogP contribution in [0.1, 0.15) is 13.3 Å². The van der Waals surface area contributed by atoms with E-state index in [2.05, 4.69) is 15.9 Å². The predicted molar refractivity (Wildman–Crippen MR) is 82.1 cm³/mol. The molecule has 0 radical (unpaired) electrons. The Kier molecular flexibility index (Phi) is 4.70. The lowest BCUT2D eigenvalue weighted by Gasteiger charge is -2.19. The van der Waals surface area contributed by atoms with E-state index in [0.29, 0.717) is 24.4 Å². The van der Waals surface area contributed by atoms with Crippen molar-refractivity contribution in [2.75, 3.05) is 22.9 Å². The molecular weight excluding hydrogens is 347 g/mol. The van der Waals surface area contributed by atoms with Crippen LogP contribution in [0.3, 0.4) is 0 Å². The fraction of sp³-hybridized carbons (Fsp3) is 0.385. The maximum Gasteiger partial charge on any atom is 0.227 e. The van der Waals surface area contributed by atoms with Gasteiger partial charge in [0.05, 0.1) is 15.8 Å². The van der Waals surface area contributed by atoms with Crippen molar-refractivity contribution in [2.24, 2.45) is 5.92 Å². The summed E-state index contributed by atoms with van der Waals surface area (Å²) in [5.41, 5.74) is 6.53. The number of carbonyl (C=O) groups is 2. The van der Waals surface area contributed by atoms with Crippen LogP contribution in [0.15, 0.2) is 16.6 Å². The average molecular weight is 361 g/mol. The second-order valence-electron chi connectivity index (χ2n) is 4.70. The van der Waals surface area contributed by atoms with Crippen molar-refractivity contribution >= 4 is 50.1 Å². The molecule has 0 saturated carbocycles. The summed E-state index contributed by atoms with van der Waals surface area (Å²) >= 11 is 4.31. The monoisotopic (exact) mass is 360 g/mol. The minimum Gasteiger partial charge on any atom is -0.397 e. The molecule has 1 fully saturated rings. The van der Waals surface area contributed by atoms with Gasteiger partial charge in [-0.2, -0.15) is 0 Å². The Morgan fingerprint density at radius 2 is 2.30 bits per heavy atom. The Hall–Kier alpha value is -1.08. The normalized spacial score (nSPS) is 18.6. The van der Waals surface area contributed by atoms with Crippen LogP contribution in [0.4, 0.5) is 15.8 Å². The van der Waals surface area contributed by atoms with E-state index in [1.165, 1.54) is 30.8 Å². The third-order valence-electron chi connectivity index (χ3n) is 3.09. The molecule has 2 N–H and O–H groups in total. The summed E-state index contributed by atoms with van der Waals surface area (Å²) < 4.78 is 13.6. The van der Waals surface area contributed by atoms with Crippen molar-refractivity contribution < 1.29 is 14.0 Å². The van der Waals surface area contributed by atoms with Gasteiger partial charge < -0.3 is 10.6 Å². The molecule has 1 atom stereocenters. The molecule has 4 nitrogen and oxygen atoms in total. The van der Waals surface area contributed by atoms with Crippen LogP contribution in [-0.2, 0) is 9.59 Å². The minimum atomic E-state index is -0.457. The van der Waals surface area contributed by atoms with E-state index < -0.39 is 5.82 Å². The van der Waals surface area contributed by atoms with Gasteiger partial charge in [0.2, 0.25) is 5.91 Å². The number of benzene rings is 1. The SMILES string of the molecule is CC(=O)SCC1CC(=O)N(c2cc(Br)c(F)cc2N)C1. The molecule has 0 bridgehead atoms. The molecule has 1 aliphatic rings. The molecule has 1 aliphatic heterocycles. The molecule has 0 spiro atoms. The van der Waals surface area contributed by atoms with Crippen LogP contribution in [0.25, 0.3) is 0 Å². The van der Waals surface area contributed by atoms with Gasteiger partial charge in [0, 0.05) is 31.7 Å². The predicted octanol–water partition coefficient (Wildman–Crippen LogP) is 2.80. The van der Waals surface area contributed by atoms with Crippen molar-refractivity contribution in [1.82, 2.24) is 0 Å². The number of rotatable bonds is 3. The minimum absolute atomic E-state index is 0.0416. The van der Waals surface area contributed by atoms with Crippen LogP contribution in [0.2, 0.25) is 0 Å². The van der Waals surface area contributed by atoms with E-state index in [9.17, 15) is 14.0 Å². The molecule has 0 aliphatic carbocycles. The fourth-order valence-electron chi connectivity index (χ4n) is 2.15. The molecule has 1 unspecified atom stereocenters. The quantitative estimate of drug-likeness (QED) is 0.841. The Morgan fingerprint density at radius 1 is 1.60 bits per heavy atom. The van der Waals surface area contributed by atoms with Gasteiger partial charge in [-0.3, -0.25) is 9.59 Å². The van der Waals surface area contributed by atoms with Crippen molar-refractivity contribution in [3.8, 4) is 0 Å². The Morgan fingerprint density at radius 3 is 2.95 bits per heavy atom. The van der Waals surface area contributed by atoms with Gasteiger partial charge in [0.25, 0.3) is 0 Å². The molecule has 2 rings (SSSR count). The maximum absolute atomic E-state index is 13.4. The number of nitrogens with zero attached hydrogens (tertiary/aromatic N) is 1. The summed E-state index contributed by atoms with van der Waals surface area (Å²) in [6.45, 7) is 2.01. The lowest BCUT2D eigenvalue weighted by molar-refractivity contribution is -0.117. The highest BCUT2D eigenvalue weighted by atomic mass is 79.9. The number of thioether (sulfide) groups is 1. The smallest absolute Gasteiger partial charge is 0.227 e. The van der Waals surface area contributed by atoms with E-state index in [0.717, 1.165) is 0 Å². The van der Waals surface area contributed by atoms with Crippen LogP contribution in [-0.4, -0.2) is 23.3 Å². The highest BCUT2D eigenvalue weighted by Crippen LogP contribution is 2.34. The number of nitrogens with two attached hydrogens (primary N) is 1. The third-order valence-corrected chi connectivity index (χ3v) is 4.74.